The first-order valence-corrected chi connectivity index (χ1v) is 5.93. The van der Waals surface area contributed by atoms with Gasteiger partial charge in [-0.2, -0.15) is 0 Å². The number of benzene rings is 1. The molecule has 0 radical (unpaired) electrons. The molecule has 0 unspecified atom stereocenters. The molecule has 2 aromatic heterocycles. The summed E-state index contributed by atoms with van der Waals surface area (Å²) in [5.41, 5.74) is 3.45. The van der Waals surface area contributed by atoms with Crippen LogP contribution in [0.2, 0.25) is 5.02 Å². The molecule has 0 saturated carbocycles. The molecule has 2 nitrogen and oxygen atoms in total. The molecule has 90 valence electrons. The Bertz CT molecular complexity index is 734. The molecule has 0 N–H and O–H groups in total. The van der Waals surface area contributed by atoms with Gasteiger partial charge in [-0.15, -0.1) is 0 Å². The minimum atomic E-state index is -0.344. The van der Waals surface area contributed by atoms with Crippen LogP contribution in [-0.2, 0) is 0 Å². The SMILES string of the molecule is Cc1cccn2cc(-c3ccc(F)cc3Cl)nc12. The van der Waals surface area contributed by atoms with Gasteiger partial charge < -0.3 is 4.40 Å². The maximum absolute atomic E-state index is 13.0. The molecule has 0 fully saturated rings. The van der Waals surface area contributed by atoms with Gasteiger partial charge in [0.05, 0.1) is 10.7 Å². The Labute approximate surface area is 109 Å². The van der Waals surface area contributed by atoms with Crippen LogP contribution in [-0.4, -0.2) is 9.38 Å². The lowest BCUT2D eigenvalue weighted by molar-refractivity contribution is 0.628. The van der Waals surface area contributed by atoms with Crippen molar-refractivity contribution >= 4 is 17.2 Å². The van der Waals surface area contributed by atoms with Crippen LogP contribution >= 0.6 is 11.6 Å². The molecule has 2 heterocycles. The van der Waals surface area contributed by atoms with Gasteiger partial charge in [0.2, 0.25) is 0 Å². The fourth-order valence-corrected chi connectivity index (χ4v) is 2.24. The van der Waals surface area contributed by atoms with Crippen LogP contribution in [0, 0.1) is 12.7 Å². The van der Waals surface area contributed by atoms with Crippen LogP contribution in [0.4, 0.5) is 4.39 Å². The molecule has 4 heteroatoms. The number of pyridine rings is 1. The van der Waals surface area contributed by atoms with Crippen molar-refractivity contribution in [2.75, 3.05) is 0 Å². The highest BCUT2D eigenvalue weighted by Gasteiger charge is 2.09. The molecule has 18 heavy (non-hydrogen) atoms. The number of nitrogens with zero attached hydrogens (tertiary/aromatic N) is 2. The van der Waals surface area contributed by atoms with Crippen molar-refractivity contribution in [3.63, 3.8) is 0 Å². The molecule has 3 aromatic rings. The van der Waals surface area contributed by atoms with Gasteiger partial charge in [-0.1, -0.05) is 17.7 Å². The van der Waals surface area contributed by atoms with E-state index in [4.69, 9.17) is 11.6 Å². The van der Waals surface area contributed by atoms with Crippen LogP contribution in [0.15, 0.2) is 42.7 Å². The zero-order valence-electron chi connectivity index (χ0n) is 9.69. The molecule has 3 rings (SSSR count). The lowest BCUT2D eigenvalue weighted by atomic mass is 10.2. The van der Waals surface area contributed by atoms with Crippen LogP contribution in [0.1, 0.15) is 5.56 Å². The summed E-state index contributed by atoms with van der Waals surface area (Å²) in [6, 6.07) is 8.29. The average molecular weight is 261 g/mol. The number of hydrogen-bond acceptors (Lipinski definition) is 1. The summed E-state index contributed by atoms with van der Waals surface area (Å²) >= 11 is 6.04. The van der Waals surface area contributed by atoms with Crippen LogP contribution < -0.4 is 0 Å². The molecule has 0 atom stereocenters. The second-order valence-corrected chi connectivity index (χ2v) is 4.58. The summed E-state index contributed by atoms with van der Waals surface area (Å²) in [4.78, 5) is 4.53. The molecular weight excluding hydrogens is 251 g/mol. The third kappa shape index (κ3) is 1.77. The molecule has 1 aromatic carbocycles. The highest BCUT2D eigenvalue weighted by molar-refractivity contribution is 6.33. The smallest absolute Gasteiger partial charge is 0.140 e. The topological polar surface area (TPSA) is 17.3 Å². The minimum absolute atomic E-state index is 0.344. The highest BCUT2D eigenvalue weighted by atomic mass is 35.5. The van der Waals surface area contributed by atoms with Crippen molar-refractivity contribution in [2.24, 2.45) is 0 Å². The Balaban J connectivity index is 2.23. The Kier molecular flexibility index (Phi) is 2.56. The van der Waals surface area contributed by atoms with E-state index in [0.29, 0.717) is 5.02 Å². The van der Waals surface area contributed by atoms with Crippen LogP contribution in [0.3, 0.4) is 0 Å². The van der Waals surface area contributed by atoms with Gasteiger partial charge in [-0.05, 0) is 36.8 Å². The Hall–Kier alpha value is -1.87. The van der Waals surface area contributed by atoms with Crippen molar-refractivity contribution in [3.8, 4) is 11.3 Å². The number of aryl methyl sites for hydroxylation is 1. The van der Waals surface area contributed by atoms with Gasteiger partial charge in [-0.3, -0.25) is 0 Å². The number of imidazole rings is 1. The van der Waals surface area contributed by atoms with E-state index in [9.17, 15) is 4.39 Å². The van der Waals surface area contributed by atoms with Gasteiger partial charge in [0.1, 0.15) is 11.5 Å². The third-order valence-electron chi connectivity index (χ3n) is 2.88. The molecule has 0 amide bonds. The van der Waals surface area contributed by atoms with Crippen molar-refractivity contribution in [1.29, 1.82) is 0 Å². The minimum Gasteiger partial charge on any atom is -0.306 e. The fourth-order valence-electron chi connectivity index (χ4n) is 1.98. The first kappa shape index (κ1) is 11.2. The van der Waals surface area contributed by atoms with E-state index in [1.165, 1.54) is 12.1 Å². The Morgan fingerprint density at radius 2 is 2.11 bits per heavy atom. The summed E-state index contributed by atoms with van der Waals surface area (Å²) < 4.78 is 15.0. The van der Waals surface area contributed by atoms with Gasteiger partial charge in [0, 0.05) is 18.0 Å². The van der Waals surface area contributed by atoms with Gasteiger partial charge in [0.25, 0.3) is 0 Å². The number of aromatic nitrogens is 2. The predicted octanol–water partition coefficient (Wildman–Crippen LogP) is 4.10. The first-order valence-electron chi connectivity index (χ1n) is 5.55. The summed E-state index contributed by atoms with van der Waals surface area (Å²) in [7, 11) is 0. The molecule has 0 aliphatic carbocycles. The largest absolute Gasteiger partial charge is 0.306 e. The van der Waals surface area contributed by atoms with E-state index in [1.54, 1.807) is 6.07 Å². The Morgan fingerprint density at radius 3 is 2.83 bits per heavy atom. The van der Waals surface area contributed by atoms with Crippen LogP contribution in [0.25, 0.3) is 16.9 Å². The quantitative estimate of drug-likeness (QED) is 0.644. The highest BCUT2D eigenvalue weighted by Crippen LogP contribution is 2.28. The Morgan fingerprint density at radius 1 is 1.28 bits per heavy atom. The average Bonchev–Trinajstić information content (AvgIpc) is 2.74. The second kappa shape index (κ2) is 4.10. The third-order valence-corrected chi connectivity index (χ3v) is 3.20. The van der Waals surface area contributed by atoms with Gasteiger partial charge in [-0.25, -0.2) is 9.37 Å². The lowest BCUT2D eigenvalue weighted by Gasteiger charge is -1.99. The lowest BCUT2D eigenvalue weighted by Crippen LogP contribution is -1.84. The normalized spacial score (nSPS) is 11.1. The van der Waals surface area contributed by atoms with Crippen molar-refractivity contribution < 1.29 is 4.39 Å². The summed E-state index contributed by atoms with van der Waals surface area (Å²) in [6.07, 6.45) is 3.82. The fraction of sp³-hybridized carbons (Fsp3) is 0.0714. The van der Waals surface area contributed by atoms with Crippen molar-refractivity contribution in [1.82, 2.24) is 9.38 Å². The first-order chi connectivity index (χ1) is 8.65. The second-order valence-electron chi connectivity index (χ2n) is 4.17. The van der Waals surface area contributed by atoms with Gasteiger partial charge in [0.15, 0.2) is 0 Å². The summed E-state index contributed by atoms with van der Waals surface area (Å²) in [5, 5.41) is 0.371. The van der Waals surface area contributed by atoms with E-state index in [2.05, 4.69) is 4.98 Å². The maximum Gasteiger partial charge on any atom is 0.140 e. The number of hydrogen-bond donors (Lipinski definition) is 0. The zero-order chi connectivity index (χ0) is 12.7. The molecule has 0 bridgehead atoms. The van der Waals surface area contributed by atoms with Crippen molar-refractivity contribution in [2.45, 2.75) is 6.92 Å². The monoisotopic (exact) mass is 260 g/mol. The van der Waals surface area contributed by atoms with Crippen molar-refractivity contribution in [3.05, 3.63) is 59.1 Å². The number of rotatable bonds is 1. The van der Waals surface area contributed by atoms with E-state index >= 15 is 0 Å². The summed E-state index contributed by atoms with van der Waals surface area (Å²) in [6.45, 7) is 2.00. The predicted molar refractivity (Wildman–Crippen MR) is 70.3 cm³/mol. The summed E-state index contributed by atoms with van der Waals surface area (Å²) in [5.74, 6) is -0.344. The number of fused-ring (bicyclic) bond motifs is 1. The van der Waals surface area contributed by atoms with E-state index < -0.39 is 0 Å². The molecular formula is C14H10ClFN2. The van der Waals surface area contributed by atoms with E-state index in [-0.39, 0.29) is 5.82 Å². The van der Waals surface area contributed by atoms with E-state index in [0.717, 1.165) is 22.5 Å². The number of halogens is 2. The zero-order valence-corrected chi connectivity index (χ0v) is 10.4. The standard InChI is InChI=1S/C14H10ClFN2/c1-9-3-2-6-18-8-13(17-14(9)18)11-5-4-10(16)7-12(11)15/h2-8H,1H3. The van der Waals surface area contributed by atoms with E-state index in [1.807, 2.05) is 35.9 Å². The molecule has 0 aliphatic heterocycles. The molecule has 0 saturated heterocycles. The molecule has 0 aliphatic rings. The van der Waals surface area contributed by atoms with Gasteiger partial charge >= 0.3 is 0 Å². The van der Waals surface area contributed by atoms with Crippen LogP contribution in [0.5, 0.6) is 0 Å². The maximum atomic E-state index is 13.0. The molecule has 0 spiro atoms.